The third kappa shape index (κ3) is 4.96. The summed E-state index contributed by atoms with van der Waals surface area (Å²) in [6.07, 6.45) is 5.75. The van der Waals surface area contributed by atoms with Crippen LogP contribution in [0.1, 0.15) is 60.9 Å². The first kappa shape index (κ1) is 19.1. The summed E-state index contributed by atoms with van der Waals surface area (Å²) >= 11 is 0. The molecule has 6 heteroatoms. The number of benzene rings is 1. The molecular formula is C21H28N4O2. The van der Waals surface area contributed by atoms with Gasteiger partial charge in [0.05, 0.1) is 13.3 Å². The Bertz CT molecular complexity index is 816. The predicted molar refractivity (Wildman–Crippen MR) is 106 cm³/mol. The summed E-state index contributed by atoms with van der Waals surface area (Å²) in [5.74, 6) is 1.10. The molecule has 1 amide bonds. The number of hydrogen-bond donors (Lipinski definition) is 2. The van der Waals surface area contributed by atoms with Gasteiger partial charge in [0.1, 0.15) is 5.75 Å². The van der Waals surface area contributed by atoms with Crippen molar-refractivity contribution in [3.63, 3.8) is 0 Å². The molecular weight excluding hydrogens is 340 g/mol. The molecule has 2 aromatic rings. The van der Waals surface area contributed by atoms with Crippen molar-refractivity contribution < 1.29 is 9.53 Å². The lowest BCUT2D eigenvalue weighted by Gasteiger charge is -2.28. The second-order valence-electron chi connectivity index (χ2n) is 8.38. The van der Waals surface area contributed by atoms with Gasteiger partial charge in [-0.15, -0.1) is 0 Å². The maximum atomic E-state index is 12.5. The van der Waals surface area contributed by atoms with E-state index in [0.717, 1.165) is 48.3 Å². The van der Waals surface area contributed by atoms with Gasteiger partial charge < -0.3 is 4.74 Å². The van der Waals surface area contributed by atoms with Crippen LogP contribution >= 0.6 is 0 Å². The van der Waals surface area contributed by atoms with Gasteiger partial charge >= 0.3 is 0 Å². The van der Waals surface area contributed by atoms with Gasteiger partial charge in [0, 0.05) is 11.3 Å². The molecule has 1 aliphatic carbocycles. The van der Waals surface area contributed by atoms with E-state index in [9.17, 15) is 4.79 Å². The maximum Gasteiger partial charge on any atom is 0.292 e. The van der Waals surface area contributed by atoms with E-state index < -0.39 is 0 Å². The second kappa shape index (κ2) is 7.94. The first-order valence-corrected chi connectivity index (χ1v) is 9.39. The van der Waals surface area contributed by atoms with Gasteiger partial charge in [-0.05, 0) is 66.8 Å². The van der Waals surface area contributed by atoms with Crippen LogP contribution in [-0.2, 0) is 12.8 Å². The summed E-state index contributed by atoms with van der Waals surface area (Å²) in [5, 5.41) is 11.3. The van der Waals surface area contributed by atoms with Crippen LogP contribution in [0.15, 0.2) is 29.4 Å². The number of methoxy groups -OCH3 is 1. The summed E-state index contributed by atoms with van der Waals surface area (Å²) in [5.41, 5.74) is 6.37. The minimum atomic E-state index is -0.270. The second-order valence-corrected chi connectivity index (χ2v) is 8.38. The first-order chi connectivity index (χ1) is 12.9. The largest absolute Gasteiger partial charge is 0.497 e. The molecule has 2 N–H and O–H groups in total. The van der Waals surface area contributed by atoms with Crippen LogP contribution in [0.3, 0.4) is 0 Å². The van der Waals surface area contributed by atoms with Gasteiger partial charge in [0.15, 0.2) is 5.69 Å². The van der Waals surface area contributed by atoms with E-state index in [1.165, 1.54) is 0 Å². The number of aromatic nitrogens is 2. The number of fused-ring (bicyclic) bond motifs is 1. The lowest BCUT2D eigenvalue weighted by Crippen LogP contribution is -2.24. The van der Waals surface area contributed by atoms with Gasteiger partial charge in [-0.3, -0.25) is 9.89 Å². The molecule has 0 radical (unpaired) electrons. The Morgan fingerprint density at radius 1 is 1.37 bits per heavy atom. The predicted octanol–water partition coefficient (Wildman–Crippen LogP) is 3.72. The fourth-order valence-corrected chi connectivity index (χ4v) is 3.70. The topological polar surface area (TPSA) is 79.4 Å². The Morgan fingerprint density at radius 3 is 2.78 bits per heavy atom. The van der Waals surface area contributed by atoms with Crippen molar-refractivity contribution >= 4 is 12.1 Å². The molecule has 1 aliphatic rings. The quantitative estimate of drug-likeness (QED) is 0.623. The highest BCUT2D eigenvalue weighted by atomic mass is 16.5. The van der Waals surface area contributed by atoms with Crippen molar-refractivity contribution in [3.8, 4) is 5.75 Å². The van der Waals surface area contributed by atoms with Crippen LogP contribution < -0.4 is 10.2 Å². The first-order valence-electron chi connectivity index (χ1n) is 9.39. The molecule has 27 heavy (non-hydrogen) atoms. The third-order valence-corrected chi connectivity index (χ3v) is 4.86. The summed E-state index contributed by atoms with van der Waals surface area (Å²) in [4.78, 5) is 12.5. The van der Waals surface area contributed by atoms with E-state index in [1.807, 2.05) is 24.3 Å². The molecule has 3 rings (SSSR count). The molecule has 1 atom stereocenters. The monoisotopic (exact) mass is 368 g/mol. The number of carbonyl (C=O) groups excluding carboxylic acids is 1. The van der Waals surface area contributed by atoms with Crippen molar-refractivity contribution in [3.05, 3.63) is 46.8 Å². The Balaban J connectivity index is 1.64. The van der Waals surface area contributed by atoms with Gasteiger partial charge in [0.2, 0.25) is 0 Å². The van der Waals surface area contributed by atoms with E-state index in [-0.39, 0.29) is 11.3 Å². The van der Waals surface area contributed by atoms with E-state index >= 15 is 0 Å². The van der Waals surface area contributed by atoms with Crippen LogP contribution in [0, 0.1) is 11.3 Å². The zero-order valence-corrected chi connectivity index (χ0v) is 16.5. The van der Waals surface area contributed by atoms with Crippen molar-refractivity contribution in [1.82, 2.24) is 15.6 Å². The highest BCUT2D eigenvalue weighted by molar-refractivity contribution is 5.94. The summed E-state index contributed by atoms with van der Waals surface area (Å²) in [6, 6.07) is 7.45. The number of aromatic amines is 1. The summed E-state index contributed by atoms with van der Waals surface area (Å²) < 4.78 is 5.13. The lowest BCUT2D eigenvalue weighted by molar-refractivity contribution is 0.0948. The standard InChI is InChI=1S/C21H28N4O2/c1-21(2,3)12-15-7-10-18-17(11-15)19(24-23-18)20(26)25-22-13-14-5-8-16(27-4)9-6-14/h5-6,8-9,13,15H,7,10-12H2,1-4H3,(H,23,24)(H,25,26). The maximum absolute atomic E-state index is 12.5. The number of ether oxygens (including phenoxy) is 1. The zero-order chi connectivity index (χ0) is 19.4. The Labute approximate surface area is 160 Å². The highest BCUT2D eigenvalue weighted by Gasteiger charge is 2.28. The Kier molecular flexibility index (Phi) is 5.63. The molecule has 0 saturated carbocycles. The van der Waals surface area contributed by atoms with Crippen LogP contribution in [0.2, 0.25) is 0 Å². The SMILES string of the molecule is COc1ccc(C=NNC(=O)c2n[nH]c3c2CC(CC(C)(C)C)CC3)cc1. The molecule has 0 saturated heterocycles. The smallest absolute Gasteiger partial charge is 0.292 e. The average molecular weight is 368 g/mol. The Morgan fingerprint density at radius 2 is 2.11 bits per heavy atom. The minimum absolute atomic E-state index is 0.270. The molecule has 1 unspecified atom stereocenters. The fourth-order valence-electron chi connectivity index (χ4n) is 3.70. The lowest BCUT2D eigenvalue weighted by atomic mass is 9.76. The third-order valence-electron chi connectivity index (χ3n) is 4.86. The van der Waals surface area contributed by atoms with E-state index in [2.05, 4.69) is 41.5 Å². The number of rotatable bonds is 5. The number of carbonyl (C=O) groups is 1. The van der Waals surface area contributed by atoms with E-state index in [4.69, 9.17) is 4.74 Å². The molecule has 144 valence electrons. The zero-order valence-electron chi connectivity index (χ0n) is 16.5. The number of hydrazone groups is 1. The highest BCUT2D eigenvalue weighted by Crippen LogP contribution is 2.34. The van der Waals surface area contributed by atoms with Gasteiger partial charge in [0.25, 0.3) is 5.91 Å². The number of amides is 1. The van der Waals surface area contributed by atoms with Crippen molar-refractivity contribution in [2.75, 3.05) is 7.11 Å². The molecule has 0 fully saturated rings. The van der Waals surface area contributed by atoms with Gasteiger partial charge in [-0.1, -0.05) is 20.8 Å². The fraction of sp³-hybridized carbons (Fsp3) is 0.476. The number of nitrogens with zero attached hydrogens (tertiary/aromatic N) is 2. The average Bonchev–Trinajstić information content (AvgIpc) is 3.04. The number of H-pyrrole nitrogens is 1. The summed E-state index contributed by atoms with van der Waals surface area (Å²) in [6.45, 7) is 6.79. The molecule has 1 heterocycles. The normalized spacial score (nSPS) is 17.0. The molecule has 0 bridgehead atoms. The number of hydrogen-bond acceptors (Lipinski definition) is 4. The van der Waals surface area contributed by atoms with Crippen molar-refractivity contribution in [2.24, 2.45) is 16.4 Å². The van der Waals surface area contributed by atoms with Crippen LogP contribution in [-0.4, -0.2) is 29.4 Å². The number of nitrogens with one attached hydrogen (secondary N) is 2. The van der Waals surface area contributed by atoms with Gasteiger partial charge in [-0.2, -0.15) is 10.2 Å². The molecule has 6 nitrogen and oxygen atoms in total. The Hall–Kier alpha value is -2.63. The molecule has 0 spiro atoms. The van der Waals surface area contributed by atoms with Crippen LogP contribution in [0.4, 0.5) is 0 Å². The number of aryl methyl sites for hydroxylation is 1. The van der Waals surface area contributed by atoms with Crippen LogP contribution in [0.5, 0.6) is 5.75 Å². The summed E-state index contributed by atoms with van der Waals surface area (Å²) in [7, 11) is 1.62. The van der Waals surface area contributed by atoms with E-state index in [0.29, 0.717) is 11.6 Å². The van der Waals surface area contributed by atoms with Crippen molar-refractivity contribution in [1.29, 1.82) is 0 Å². The minimum Gasteiger partial charge on any atom is -0.497 e. The molecule has 0 aliphatic heterocycles. The van der Waals surface area contributed by atoms with Crippen molar-refractivity contribution in [2.45, 2.75) is 46.5 Å². The van der Waals surface area contributed by atoms with E-state index in [1.54, 1.807) is 13.3 Å². The van der Waals surface area contributed by atoms with Gasteiger partial charge in [-0.25, -0.2) is 5.43 Å². The molecule has 1 aromatic heterocycles. The molecule has 1 aromatic carbocycles. The van der Waals surface area contributed by atoms with Crippen LogP contribution in [0.25, 0.3) is 0 Å².